The van der Waals surface area contributed by atoms with E-state index < -0.39 is 10.0 Å². The van der Waals surface area contributed by atoms with Gasteiger partial charge in [0.1, 0.15) is 5.76 Å². The smallest absolute Gasteiger partial charge is 0.257 e. The van der Waals surface area contributed by atoms with Gasteiger partial charge < -0.3 is 14.3 Å². The number of carbonyl (C=O) groups excluding carboxylic acids is 1. The van der Waals surface area contributed by atoms with Crippen LogP contribution in [0, 0.1) is 20.8 Å². The third-order valence-corrected chi connectivity index (χ3v) is 8.13. The zero-order chi connectivity index (χ0) is 22.9. The van der Waals surface area contributed by atoms with E-state index >= 15 is 0 Å². The van der Waals surface area contributed by atoms with Gasteiger partial charge in [-0.15, -0.1) is 0 Å². The van der Waals surface area contributed by atoms with E-state index in [0.717, 1.165) is 36.4 Å². The van der Waals surface area contributed by atoms with Crippen molar-refractivity contribution >= 4 is 21.6 Å². The first-order valence-corrected chi connectivity index (χ1v) is 12.3. The van der Waals surface area contributed by atoms with Crippen molar-refractivity contribution in [3.8, 4) is 0 Å². The van der Waals surface area contributed by atoms with Crippen molar-refractivity contribution < 1.29 is 17.6 Å². The van der Waals surface area contributed by atoms with Crippen LogP contribution >= 0.6 is 0 Å². The molecule has 1 fully saturated rings. The number of benzene rings is 1. The lowest BCUT2D eigenvalue weighted by Crippen LogP contribution is -2.36. The molecule has 1 aliphatic rings. The van der Waals surface area contributed by atoms with Gasteiger partial charge in [-0.3, -0.25) is 4.79 Å². The number of carbonyl (C=O) groups is 1. The summed E-state index contributed by atoms with van der Waals surface area (Å²) < 4.78 is 35.3. The third-order valence-electron chi connectivity index (χ3n) is 6.09. The summed E-state index contributed by atoms with van der Waals surface area (Å²) in [7, 11) is -3.59. The molecule has 0 radical (unpaired) electrons. The Morgan fingerprint density at radius 3 is 2.50 bits per heavy atom. The Balaban J connectivity index is 1.57. The maximum absolute atomic E-state index is 13.2. The van der Waals surface area contributed by atoms with E-state index in [9.17, 15) is 13.2 Å². The van der Waals surface area contributed by atoms with Crippen molar-refractivity contribution in [1.82, 2.24) is 8.87 Å². The second kappa shape index (κ2) is 8.96. The van der Waals surface area contributed by atoms with E-state index in [1.54, 1.807) is 35.7 Å². The summed E-state index contributed by atoms with van der Waals surface area (Å²) in [6.45, 7) is 7.25. The number of furan rings is 1. The highest BCUT2D eigenvalue weighted by molar-refractivity contribution is 7.89. The van der Waals surface area contributed by atoms with Crippen LogP contribution in [0.3, 0.4) is 0 Å². The monoisotopic (exact) mass is 455 g/mol. The molecular formula is C24H29N3O4S. The first kappa shape index (κ1) is 22.4. The van der Waals surface area contributed by atoms with Gasteiger partial charge in [0.25, 0.3) is 5.91 Å². The summed E-state index contributed by atoms with van der Waals surface area (Å²) in [5, 5.41) is 2.88. The van der Waals surface area contributed by atoms with Crippen LogP contribution < -0.4 is 5.32 Å². The molecule has 0 aliphatic carbocycles. The van der Waals surface area contributed by atoms with Crippen LogP contribution in [-0.4, -0.2) is 36.3 Å². The molecule has 0 unspecified atom stereocenters. The first-order chi connectivity index (χ1) is 15.3. The number of anilines is 1. The lowest BCUT2D eigenvalue weighted by Gasteiger charge is -2.26. The van der Waals surface area contributed by atoms with Crippen LogP contribution in [0.2, 0.25) is 0 Å². The predicted molar refractivity (Wildman–Crippen MR) is 123 cm³/mol. The van der Waals surface area contributed by atoms with E-state index in [4.69, 9.17) is 4.42 Å². The quantitative estimate of drug-likeness (QED) is 0.594. The first-order valence-electron chi connectivity index (χ1n) is 10.9. The highest BCUT2D eigenvalue weighted by Crippen LogP contribution is 2.27. The fourth-order valence-corrected chi connectivity index (χ4v) is 6.00. The van der Waals surface area contributed by atoms with Crippen molar-refractivity contribution in [2.45, 2.75) is 51.5 Å². The summed E-state index contributed by atoms with van der Waals surface area (Å²) in [4.78, 5) is 13.3. The minimum Gasteiger partial charge on any atom is -0.467 e. The van der Waals surface area contributed by atoms with Crippen molar-refractivity contribution in [3.05, 3.63) is 70.9 Å². The number of rotatable bonds is 6. The molecule has 0 bridgehead atoms. The molecule has 0 atom stereocenters. The number of hydrogen-bond donors (Lipinski definition) is 1. The van der Waals surface area contributed by atoms with Crippen LogP contribution in [0.25, 0.3) is 0 Å². The Morgan fingerprint density at radius 1 is 1.06 bits per heavy atom. The Hall–Kier alpha value is -2.84. The average Bonchev–Trinajstić information content (AvgIpc) is 3.39. The number of piperidine rings is 1. The summed E-state index contributed by atoms with van der Waals surface area (Å²) in [6, 6.07) is 10.6. The maximum atomic E-state index is 13.2. The molecule has 170 valence electrons. The molecule has 32 heavy (non-hydrogen) atoms. The van der Waals surface area contributed by atoms with E-state index in [2.05, 4.69) is 5.32 Å². The standard InChI is InChI=1S/C24H29N3O4S/c1-17-9-10-20(15-23(17)32(29,30)26-11-5-4-6-12-26)25-24(28)22-14-18(2)27(19(22)3)16-21-8-7-13-31-21/h7-10,13-15H,4-6,11-12,16H2,1-3H3,(H,25,28). The lowest BCUT2D eigenvalue weighted by molar-refractivity contribution is 0.102. The molecule has 3 heterocycles. The molecule has 4 rings (SSSR count). The number of nitrogens with zero attached hydrogens (tertiary/aromatic N) is 2. The lowest BCUT2D eigenvalue weighted by atomic mass is 10.2. The SMILES string of the molecule is Cc1ccc(NC(=O)c2cc(C)n(Cc3ccco3)c2C)cc1S(=O)(=O)N1CCCCC1. The van der Waals surface area contributed by atoms with Crippen molar-refractivity contribution in [3.63, 3.8) is 0 Å². The van der Waals surface area contributed by atoms with Gasteiger partial charge in [-0.1, -0.05) is 12.5 Å². The van der Waals surface area contributed by atoms with E-state index in [0.29, 0.717) is 36.4 Å². The fourth-order valence-electron chi connectivity index (χ4n) is 4.23. The zero-order valence-corrected chi connectivity index (χ0v) is 19.5. The summed E-state index contributed by atoms with van der Waals surface area (Å²) in [6.07, 6.45) is 4.44. The molecule has 7 nitrogen and oxygen atoms in total. The topological polar surface area (TPSA) is 84.5 Å². The van der Waals surface area contributed by atoms with Crippen LogP contribution in [0.15, 0.2) is 52.0 Å². The molecule has 1 amide bonds. The molecule has 1 saturated heterocycles. The minimum atomic E-state index is -3.59. The molecule has 0 saturated carbocycles. The second-order valence-corrected chi connectivity index (χ2v) is 10.3. The Bertz CT molecular complexity index is 1220. The molecule has 2 aromatic heterocycles. The molecule has 1 aromatic carbocycles. The van der Waals surface area contributed by atoms with Gasteiger partial charge in [0, 0.05) is 30.2 Å². The van der Waals surface area contributed by atoms with Crippen molar-refractivity contribution in [2.75, 3.05) is 18.4 Å². The highest BCUT2D eigenvalue weighted by atomic mass is 32.2. The maximum Gasteiger partial charge on any atom is 0.257 e. The second-order valence-electron chi connectivity index (χ2n) is 8.35. The normalized spacial score (nSPS) is 15.1. The number of amides is 1. The minimum absolute atomic E-state index is 0.250. The van der Waals surface area contributed by atoms with Crippen molar-refractivity contribution in [2.24, 2.45) is 0 Å². The fraction of sp³-hybridized carbons (Fsp3) is 0.375. The van der Waals surface area contributed by atoms with Gasteiger partial charge in [0.15, 0.2) is 0 Å². The largest absolute Gasteiger partial charge is 0.467 e. The third kappa shape index (κ3) is 4.38. The highest BCUT2D eigenvalue weighted by Gasteiger charge is 2.28. The van der Waals surface area contributed by atoms with Crippen LogP contribution in [0.1, 0.15) is 52.3 Å². The van der Waals surface area contributed by atoms with Crippen LogP contribution in [0.4, 0.5) is 5.69 Å². The summed E-state index contributed by atoms with van der Waals surface area (Å²) in [5.41, 5.74) is 3.46. The van der Waals surface area contributed by atoms with Gasteiger partial charge in [-0.2, -0.15) is 4.31 Å². The number of hydrogen-bond acceptors (Lipinski definition) is 4. The van der Waals surface area contributed by atoms with E-state index in [1.807, 2.05) is 36.6 Å². The molecule has 0 spiro atoms. The number of aryl methyl sites for hydroxylation is 2. The molecular weight excluding hydrogens is 426 g/mol. The zero-order valence-electron chi connectivity index (χ0n) is 18.7. The van der Waals surface area contributed by atoms with Gasteiger partial charge in [0.05, 0.1) is 23.3 Å². The Morgan fingerprint density at radius 2 is 1.81 bits per heavy atom. The molecule has 8 heteroatoms. The Kier molecular flexibility index (Phi) is 6.26. The summed E-state index contributed by atoms with van der Waals surface area (Å²) in [5.74, 6) is 0.541. The molecule has 3 aromatic rings. The van der Waals surface area contributed by atoms with Crippen LogP contribution in [-0.2, 0) is 16.6 Å². The number of aromatic nitrogens is 1. The molecule has 1 N–H and O–H groups in total. The van der Waals surface area contributed by atoms with Crippen molar-refractivity contribution in [1.29, 1.82) is 0 Å². The summed E-state index contributed by atoms with van der Waals surface area (Å²) >= 11 is 0. The molecule has 1 aliphatic heterocycles. The van der Waals surface area contributed by atoms with Gasteiger partial charge in [-0.05, 0) is 69.5 Å². The predicted octanol–water partition coefficient (Wildman–Crippen LogP) is 4.48. The Labute approximate surface area is 189 Å². The van der Waals surface area contributed by atoms with E-state index in [-0.39, 0.29) is 10.8 Å². The number of sulfonamides is 1. The average molecular weight is 456 g/mol. The van der Waals surface area contributed by atoms with Gasteiger partial charge in [0.2, 0.25) is 10.0 Å². The van der Waals surface area contributed by atoms with Crippen LogP contribution in [0.5, 0.6) is 0 Å². The van der Waals surface area contributed by atoms with E-state index in [1.165, 1.54) is 0 Å². The van der Waals surface area contributed by atoms with Gasteiger partial charge in [-0.25, -0.2) is 8.42 Å². The number of nitrogens with one attached hydrogen (secondary N) is 1. The van der Waals surface area contributed by atoms with Gasteiger partial charge >= 0.3 is 0 Å².